The maximum absolute atomic E-state index is 12.6. The smallest absolute Gasteiger partial charge is 0.343 e. The van der Waals surface area contributed by atoms with Gasteiger partial charge in [-0.15, -0.1) is 0 Å². The fraction of sp³-hybridized carbons (Fsp3) is 0. The van der Waals surface area contributed by atoms with Crippen molar-refractivity contribution >= 4 is 29.8 Å². The van der Waals surface area contributed by atoms with Gasteiger partial charge in [-0.2, -0.15) is 0 Å². The average molecular weight is 679 g/mol. The zero-order valence-electron chi connectivity index (χ0n) is 19.8. The summed E-state index contributed by atoms with van der Waals surface area (Å²) in [5.41, 5.74) is 2.21. The molecule has 183 valence electrons. The van der Waals surface area contributed by atoms with Crippen LogP contribution >= 0.6 is 7.92 Å². The monoisotopic (exact) mass is 679 g/mol. The predicted octanol–water partition coefficient (Wildman–Crippen LogP) is 6.06. The molecule has 0 aliphatic rings. The number of para-hydroxylation sites is 1. The van der Waals surface area contributed by atoms with E-state index in [1.807, 2.05) is 48.5 Å². The van der Waals surface area contributed by atoms with Gasteiger partial charge in [0.25, 0.3) is 0 Å². The van der Waals surface area contributed by atoms with Crippen LogP contribution < -0.4 is 20.7 Å². The molecular weight excluding hydrogens is 656 g/mol. The minimum Gasteiger partial charge on any atom is -0.423 e. The Hall–Kier alpha value is -3.70. The Kier molecular flexibility index (Phi) is 9.28. The normalized spacial score (nSPS) is 10.1. The maximum atomic E-state index is 12.6. The topological polar surface area (TPSA) is 26.3 Å². The van der Waals surface area contributed by atoms with E-state index < -0.39 is 13.9 Å². The summed E-state index contributed by atoms with van der Waals surface area (Å²) in [5, 5.41) is 3.76. The molecule has 5 aromatic carbocycles. The summed E-state index contributed by atoms with van der Waals surface area (Å²) in [7, 11) is -0.769. The molecule has 5 rings (SSSR count). The number of hydrogen-bond donors (Lipinski definition) is 0. The second-order valence-corrected chi connectivity index (χ2v) is 10.2. The van der Waals surface area contributed by atoms with E-state index in [1.165, 1.54) is 15.9 Å². The van der Waals surface area contributed by atoms with Crippen LogP contribution in [-0.2, 0) is 22.4 Å². The van der Waals surface area contributed by atoms with Gasteiger partial charge in [-0.25, -0.2) is 4.79 Å². The molecule has 0 saturated carbocycles. The Bertz CT molecular complexity index is 1490. The van der Waals surface area contributed by atoms with Crippen molar-refractivity contribution in [1.29, 1.82) is 0 Å². The van der Waals surface area contributed by atoms with Crippen molar-refractivity contribution in [2.75, 3.05) is 0 Å². The van der Waals surface area contributed by atoms with E-state index in [4.69, 9.17) is 4.74 Å². The Morgan fingerprint density at radius 1 is 0.595 bits per heavy atom. The molecule has 0 heterocycles. The third-order valence-electron chi connectivity index (χ3n) is 5.57. The molecule has 0 amide bonds. The maximum Gasteiger partial charge on any atom is 0.343 e. The molecule has 0 saturated heterocycles. The van der Waals surface area contributed by atoms with E-state index in [2.05, 4.69) is 78.6 Å². The molecule has 0 bridgehead atoms. The van der Waals surface area contributed by atoms with Gasteiger partial charge in [-0.1, -0.05) is 115 Å². The summed E-state index contributed by atoms with van der Waals surface area (Å²) in [6.07, 6.45) is 0. The van der Waals surface area contributed by atoms with Crippen LogP contribution in [0.2, 0.25) is 0 Å². The fourth-order valence-electron chi connectivity index (χ4n) is 3.87. The number of hydrogen-bond acceptors (Lipinski definition) is 2. The Labute approximate surface area is 234 Å². The van der Waals surface area contributed by atoms with Crippen molar-refractivity contribution in [2.45, 2.75) is 0 Å². The molecule has 0 aliphatic carbocycles. The van der Waals surface area contributed by atoms with Gasteiger partial charge in [0.2, 0.25) is 0 Å². The molecular formula is C33H23AuO2P. The van der Waals surface area contributed by atoms with Crippen molar-refractivity contribution in [1.82, 2.24) is 0 Å². The van der Waals surface area contributed by atoms with Gasteiger partial charge in [-0.05, 0) is 54.9 Å². The van der Waals surface area contributed by atoms with E-state index in [-0.39, 0.29) is 22.4 Å². The van der Waals surface area contributed by atoms with E-state index in [9.17, 15) is 4.79 Å². The van der Waals surface area contributed by atoms with Gasteiger partial charge in [0, 0.05) is 38.8 Å². The zero-order valence-corrected chi connectivity index (χ0v) is 22.9. The van der Waals surface area contributed by atoms with E-state index >= 15 is 0 Å². The van der Waals surface area contributed by atoms with Gasteiger partial charge in [0.15, 0.2) is 0 Å². The van der Waals surface area contributed by atoms with Crippen LogP contribution in [0.4, 0.5) is 0 Å². The summed E-state index contributed by atoms with van der Waals surface area (Å²) < 4.78 is 5.48. The molecule has 4 heteroatoms. The van der Waals surface area contributed by atoms with Gasteiger partial charge >= 0.3 is 5.97 Å². The zero-order chi connectivity index (χ0) is 24.6. The third-order valence-corrected chi connectivity index (χ3v) is 8.07. The van der Waals surface area contributed by atoms with Crippen molar-refractivity contribution < 1.29 is 31.9 Å². The Morgan fingerprint density at radius 3 is 1.81 bits per heavy atom. The summed E-state index contributed by atoms with van der Waals surface area (Å²) in [6.45, 7) is 0. The molecule has 0 spiro atoms. The summed E-state index contributed by atoms with van der Waals surface area (Å²) >= 11 is 0. The number of carbonyl (C=O) groups is 1. The first kappa shape index (κ1) is 26.4. The van der Waals surface area contributed by atoms with Crippen LogP contribution in [0, 0.1) is 11.8 Å². The largest absolute Gasteiger partial charge is 0.423 e. The van der Waals surface area contributed by atoms with Gasteiger partial charge in [0.1, 0.15) is 5.75 Å². The van der Waals surface area contributed by atoms with Gasteiger partial charge in [0.05, 0.1) is 5.56 Å². The van der Waals surface area contributed by atoms with E-state index in [0.717, 1.165) is 11.1 Å². The molecule has 0 fully saturated rings. The second-order valence-electron chi connectivity index (χ2n) is 8.06. The van der Waals surface area contributed by atoms with Crippen LogP contribution in [-0.4, -0.2) is 5.97 Å². The van der Waals surface area contributed by atoms with E-state index in [0.29, 0.717) is 11.3 Å². The first-order chi connectivity index (χ1) is 17.8. The fourth-order valence-corrected chi connectivity index (χ4v) is 6.28. The molecule has 1 radical (unpaired) electrons. The quantitative estimate of drug-likeness (QED) is 0.0743. The molecule has 0 N–H and O–H groups in total. The molecule has 0 aromatic heterocycles. The molecule has 0 unspecified atom stereocenters. The third kappa shape index (κ3) is 6.75. The van der Waals surface area contributed by atoms with Crippen molar-refractivity contribution in [3.63, 3.8) is 0 Å². The number of benzene rings is 5. The van der Waals surface area contributed by atoms with Crippen LogP contribution in [0.15, 0.2) is 140 Å². The SMILES string of the molecule is O=C(Oc1ccccc1)c1cccc(C#Cc2ccccc2P(c2ccccc2)c2ccccc2)c1.[Au]. The predicted molar refractivity (Wildman–Crippen MR) is 149 cm³/mol. The Morgan fingerprint density at radius 2 is 1.16 bits per heavy atom. The second kappa shape index (κ2) is 13.0. The summed E-state index contributed by atoms with van der Waals surface area (Å²) in [5.74, 6) is 6.77. The summed E-state index contributed by atoms with van der Waals surface area (Å²) in [4.78, 5) is 12.6. The minimum atomic E-state index is -0.769. The van der Waals surface area contributed by atoms with Crippen molar-refractivity contribution in [3.8, 4) is 17.6 Å². The van der Waals surface area contributed by atoms with Gasteiger partial charge in [-0.3, -0.25) is 0 Å². The van der Waals surface area contributed by atoms with Crippen LogP contribution in [0.5, 0.6) is 5.75 Å². The number of ether oxygens (including phenoxy) is 1. The van der Waals surface area contributed by atoms with Crippen molar-refractivity contribution in [3.05, 3.63) is 156 Å². The van der Waals surface area contributed by atoms with Crippen LogP contribution in [0.3, 0.4) is 0 Å². The minimum absolute atomic E-state index is 0. The Balaban J connectivity index is 0.00000320. The molecule has 2 nitrogen and oxygen atoms in total. The first-order valence-corrected chi connectivity index (χ1v) is 13.0. The number of rotatable bonds is 5. The number of carbonyl (C=O) groups excluding carboxylic acids is 1. The van der Waals surface area contributed by atoms with Crippen LogP contribution in [0.1, 0.15) is 21.5 Å². The standard InChI is InChI=1S/C33H23O2P.Au/c34-33(35-29-16-4-1-5-17-29)28-15-12-13-26(25-28)23-24-27-14-10-11-22-32(27)36(30-18-6-2-7-19-30)31-20-8-3-9-21-31;/h1-22,25H;. The van der Waals surface area contributed by atoms with E-state index in [1.54, 1.807) is 24.3 Å². The molecule has 0 aliphatic heterocycles. The van der Waals surface area contributed by atoms with Gasteiger partial charge < -0.3 is 4.74 Å². The molecule has 5 aromatic rings. The van der Waals surface area contributed by atoms with Crippen molar-refractivity contribution in [2.24, 2.45) is 0 Å². The molecule has 0 atom stereocenters. The molecule has 37 heavy (non-hydrogen) atoms. The number of esters is 1. The van der Waals surface area contributed by atoms with Crippen LogP contribution in [0.25, 0.3) is 0 Å². The first-order valence-electron chi connectivity index (χ1n) is 11.7. The average Bonchev–Trinajstić information content (AvgIpc) is 2.94. The summed E-state index contributed by atoms with van der Waals surface area (Å²) in [6, 6.07) is 45.8.